The number of benzene rings is 1. The summed E-state index contributed by atoms with van der Waals surface area (Å²) in [7, 11) is 0. The van der Waals surface area contributed by atoms with Crippen LogP contribution in [0.2, 0.25) is 5.02 Å². The van der Waals surface area contributed by atoms with Crippen LogP contribution in [0.3, 0.4) is 0 Å². The van der Waals surface area contributed by atoms with E-state index in [0.717, 1.165) is 30.6 Å². The van der Waals surface area contributed by atoms with E-state index < -0.39 is 0 Å². The normalized spacial score (nSPS) is 30.4. The zero-order valence-corrected chi connectivity index (χ0v) is 13.5. The molecule has 1 aromatic carbocycles. The molecule has 1 saturated carbocycles. The van der Waals surface area contributed by atoms with Crippen LogP contribution in [0, 0.1) is 5.92 Å². The molecule has 0 radical (unpaired) electrons. The Morgan fingerprint density at radius 1 is 1.20 bits per heavy atom. The maximum Gasteiger partial charge on any atom is 0.0406 e. The number of piperazine rings is 1. The quantitative estimate of drug-likeness (QED) is 0.914. The van der Waals surface area contributed by atoms with E-state index in [-0.39, 0.29) is 5.54 Å². The first-order valence-corrected chi connectivity index (χ1v) is 8.01. The van der Waals surface area contributed by atoms with Crippen molar-refractivity contribution in [1.82, 2.24) is 10.2 Å². The van der Waals surface area contributed by atoms with Gasteiger partial charge in [0.25, 0.3) is 0 Å². The highest BCUT2D eigenvalue weighted by Crippen LogP contribution is 2.45. The van der Waals surface area contributed by atoms with Gasteiger partial charge in [0.15, 0.2) is 0 Å². The monoisotopic (exact) mass is 292 g/mol. The smallest absolute Gasteiger partial charge is 0.0406 e. The van der Waals surface area contributed by atoms with Gasteiger partial charge in [0.2, 0.25) is 0 Å². The first-order valence-electron chi connectivity index (χ1n) is 7.64. The van der Waals surface area contributed by atoms with Crippen molar-refractivity contribution < 1.29 is 0 Å². The van der Waals surface area contributed by atoms with Crippen molar-refractivity contribution in [3.8, 4) is 0 Å². The highest BCUT2D eigenvalue weighted by molar-refractivity contribution is 6.30. The molecule has 0 amide bonds. The molecule has 2 aliphatic rings. The van der Waals surface area contributed by atoms with Crippen molar-refractivity contribution in [2.45, 2.75) is 51.2 Å². The molecule has 3 heteroatoms. The molecular weight excluding hydrogens is 268 g/mol. The summed E-state index contributed by atoms with van der Waals surface area (Å²) >= 11 is 5.99. The van der Waals surface area contributed by atoms with Gasteiger partial charge in [-0.25, -0.2) is 0 Å². The van der Waals surface area contributed by atoms with Crippen LogP contribution in [0.15, 0.2) is 24.3 Å². The van der Waals surface area contributed by atoms with Gasteiger partial charge in [-0.2, -0.15) is 0 Å². The Bertz CT molecular complexity index is 478. The molecule has 2 nitrogen and oxygen atoms in total. The summed E-state index contributed by atoms with van der Waals surface area (Å²) in [6, 6.07) is 8.31. The Morgan fingerprint density at radius 3 is 2.45 bits per heavy atom. The van der Waals surface area contributed by atoms with Crippen LogP contribution in [-0.4, -0.2) is 29.1 Å². The average molecular weight is 293 g/mol. The molecular formula is C17H25ClN2. The maximum absolute atomic E-state index is 5.99. The van der Waals surface area contributed by atoms with E-state index in [1.165, 1.54) is 18.4 Å². The van der Waals surface area contributed by atoms with Gasteiger partial charge in [0.1, 0.15) is 0 Å². The van der Waals surface area contributed by atoms with Crippen LogP contribution in [0.25, 0.3) is 0 Å². The minimum absolute atomic E-state index is 0.195. The Morgan fingerprint density at radius 2 is 1.85 bits per heavy atom. The molecule has 1 aromatic rings. The lowest BCUT2D eigenvalue weighted by Gasteiger charge is -2.52. The second-order valence-electron chi connectivity index (χ2n) is 7.35. The van der Waals surface area contributed by atoms with E-state index in [1.54, 1.807) is 0 Å². The molecule has 1 N–H and O–H groups in total. The molecule has 0 bridgehead atoms. The van der Waals surface area contributed by atoms with Crippen LogP contribution in [0.1, 0.15) is 39.2 Å². The van der Waals surface area contributed by atoms with Crippen LogP contribution in [0.4, 0.5) is 0 Å². The van der Waals surface area contributed by atoms with E-state index in [9.17, 15) is 0 Å². The van der Waals surface area contributed by atoms with E-state index in [0.29, 0.717) is 5.54 Å². The molecule has 0 spiro atoms. The second kappa shape index (κ2) is 5.01. The van der Waals surface area contributed by atoms with Crippen LogP contribution < -0.4 is 5.32 Å². The Labute approximate surface area is 127 Å². The Kier molecular flexibility index (Phi) is 3.60. The predicted octanol–water partition coefficient (Wildman–Crippen LogP) is 3.69. The lowest BCUT2D eigenvalue weighted by atomic mass is 9.85. The summed E-state index contributed by atoms with van der Waals surface area (Å²) in [5.74, 6) is 0.860. The molecule has 1 aliphatic heterocycles. The summed E-state index contributed by atoms with van der Waals surface area (Å²) in [5, 5.41) is 4.55. The zero-order chi connectivity index (χ0) is 14.4. The minimum atomic E-state index is 0.195. The lowest BCUT2D eigenvalue weighted by molar-refractivity contribution is 0.00520. The van der Waals surface area contributed by atoms with Gasteiger partial charge < -0.3 is 5.32 Å². The third-order valence-corrected chi connectivity index (χ3v) is 5.23. The van der Waals surface area contributed by atoms with E-state index >= 15 is 0 Å². The van der Waals surface area contributed by atoms with Gasteiger partial charge in [-0.15, -0.1) is 0 Å². The molecule has 1 saturated heterocycles. The van der Waals surface area contributed by atoms with Crippen LogP contribution in [-0.2, 0) is 6.54 Å². The maximum atomic E-state index is 5.99. The van der Waals surface area contributed by atoms with Crippen molar-refractivity contribution in [2.75, 3.05) is 13.1 Å². The number of hydrogen-bond acceptors (Lipinski definition) is 2. The van der Waals surface area contributed by atoms with Gasteiger partial charge in [-0.1, -0.05) is 23.7 Å². The molecule has 2 fully saturated rings. The molecule has 110 valence electrons. The van der Waals surface area contributed by atoms with Crippen molar-refractivity contribution in [2.24, 2.45) is 5.92 Å². The topological polar surface area (TPSA) is 15.3 Å². The first-order chi connectivity index (χ1) is 9.39. The van der Waals surface area contributed by atoms with Gasteiger partial charge in [-0.05, 0) is 57.2 Å². The van der Waals surface area contributed by atoms with Crippen molar-refractivity contribution in [1.29, 1.82) is 0 Å². The number of hydrogen-bond donors (Lipinski definition) is 1. The molecule has 1 aliphatic carbocycles. The van der Waals surface area contributed by atoms with Gasteiger partial charge in [0.05, 0.1) is 0 Å². The van der Waals surface area contributed by atoms with Crippen molar-refractivity contribution in [3.63, 3.8) is 0 Å². The zero-order valence-electron chi connectivity index (χ0n) is 12.7. The molecule has 0 aromatic heterocycles. The highest BCUT2D eigenvalue weighted by Gasteiger charge is 2.49. The third-order valence-electron chi connectivity index (χ3n) is 4.98. The summed E-state index contributed by atoms with van der Waals surface area (Å²) in [6.45, 7) is 10.3. The van der Waals surface area contributed by atoms with E-state index in [1.807, 2.05) is 12.1 Å². The largest absolute Gasteiger partial charge is 0.309 e. The van der Waals surface area contributed by atoms with Gasteiger partial charge in [0, 0.05) is 35.7 Å². The number of halogens is 1. The highest BCUT2D eigenvalue weighted by atomic mass is 35.5. The number of rotatable bonds is 3. The Hall–Kier alpha value is -0.570. The second-order valence-corrected chi connectivity index (χ2v) is 7.79. The summed E-state index contributed by atoms with van der Waals surface area (Å²) in [6.07, 6.45) is 2.77. The summed E-state index contributed by atoms with van der Waals surface area (Å²) in [4.78, 5) is 2.68. The first kappa shape index (κ1) is 14.4. The third kappa shape index (κ3) is 2.88. The van der Waals surface area contributed by atoms with Gasteiger partial charge >= 0.3 is 0 Å². The Balaban J connectivity index is 1.80. The van der Waals surface area contributed by atoms with Crippen LogP contribution in [0.5, 0.6) is 0 Å². The molecule has 20 heavy (non-hydrogen) atoms. The molecule has 1 atom stereocenters. The molecule has 3 rings (SSSR count). The van der Waals surface area contributed by atoms with Gasteiger partial charge in [-0.3, -0.25) is 4.90 Å². The fraction of sp³-hybridized carbons (Fsp3) is 0.647. The molecule has 1 heterocycles. The summed E-state index contributed by atoms with van der Waals surface area (Å²) in [5.41, 5.74) is 1.86. The van der Waals surface area contributed by atoms with Crippen molar-refractivity contribution >= 4 is 11.6 Å². The fourth-order valence-electron chi connectivity index (χ4n) is 3.40. The SMILES string of the molecule is CC1(C)CN(Cc2ccc(Cl)cc2)C(C)(C2CC2)CN1. The summed E-state index contributed by atoms with van der Waals surface area (Å²) < 4.78 is 0. The van der Waals surface area contributed by atoms with Crippen LogP contribution >= 0.6 is 11.6 Å². The fourth-order valence-corrected chi connectivity index (χ4v) is 3.52. The van der Waals surface area contributed by atoms with E-state index in [2.05, 4.69) is 43.1 Å². The predicted molar refractivity (Wildman–Crippen MR) is 85.1 cm³/mol. The van der Waals surface area contributed by atoms with Crippen molar-refractivity contribution in [3.05, 3.63) is 34.9 Å². The van der Waals surface area contributed by atoms with E-state index in [4.69, 9.17) is 11.6 Å². The minimum Gasteiger partial charge on any atom is -0.309 e. The lowest BCUT2D eigenvalue weighted by Crippen LogP contribution is -2.67. The number of nitrogens with one attached hydrogen (secondary N) is 1. The standard InChI is InChI=1S/C17H25ClN2/c1-16(2)12-20(10-13-4-8-15(18)9-5-13)17(3,11-19-16)14-6-7-14/h4-5,8-9,14,19H,6-7,10-12H2,1-3H3. The number of nitrogens with zero attached hydrogens (tertiary/aromatic N) is 1. The molecule has 1 unspecified atom stereocenters. The average Bonchev–Trinajstić information content (AvgIpc) is 3.21.